The predicted octanol–water partition coefficient (Wildman–Crippen LogP) is 1.55. The van der Waals surface area contributed by atoms with Crippen LogP contribution in [0.4, 0.5) is 0 Å². The summed E-state index contributed by atoms with van der Waals surface area (Å²) in [7, 11) is 3.45. The number of rotatable bonds is 7. The summed E-state index contributed by atoms with van der Waals surface area (Å²) in [5, 5.41) is 0. The monoisotopic (exact) mass is 352 g/mol. The van der Waals surface area contributed by atoms with Gasteiger partial charge in [0.25, 0.3) is 0 Å². The Hall–Kier alpha value is -1.44. The van der Waals surface area contributed by atoms with Crippen molar-refractivity contribution in [2.75, 3.05) is 40.4 Å². The number of hydrogen-bond acceptors (Lipinski definition) is 5. The lowest BCUT2D eigenvalue weighted by Crippen LogP contribution is -2.53. The number of morpholine rings is 1. The van der Waals surface area contributed by atoms with Crippen LogP contribution in [-0.4, -0.2) is 77.4 Å². The molecule has 7 heteroatoms. The quantitative estimate of drug-likeness (QED) is 0.745. The number of imidazole rings is 1. The third kappa shape index (κ3) is 5.80. The minimum atomic E-state index is -0.257. The lowest BCUT2D eigenvalue weighted by Gasteiger charge is -2.42. The first-order valence-electron chi connectivity index (χ1n) is 8.88. The Kier molecular flexibility index (Phi) is 6.59. The van der Waals surface area contributed by atoms with Gasteiger partial charge >= 0.3 is 0 Å². The van der Waals surface area contributed by atoms with Crippen LogP contribution in [-0.2, 0) is 20.8 Å². The van der Waals surface area contributed by atoms with E-state index in [-0.39, 0.29) is 24.2 Å². The molecule has 25 heavy (non-hydrogen) atoms. The summed E-state index contributed by atoms with van der Waals surface area (Å²) in [6.45, 7) is 11.4. The number of ether oxygens (including phenoxy) is 2. The SMILES string of the molecule is CC(C)n1ccnc1CN1C[C@H](COCC(=O)N(C)C)OC(C)(C)C1. The van der Waals surface area contributed by atoms with Gasteiger partial charge in [-0.25, -0.2) is 4.98 Å². The van der Waals surface area contributed by atoms with E-state index in [0.717, 1.165) is 25.5 Å². The molecule has 1 saturated heterocycles. The number of nitrogens with zero attached hydrogens (tertiary/aromatic N) is 4. The number of carbonyl (C=O) groups is 1. The summed E-state index contributed by atoms with van der Waals surface area (Å²) in [4.78, 5) is 20.0. The van der Waals surface area contributed by atoms with E-state index in [1.807, 2.05) is 12.4 Å². The minimum absolute atomic E-state index is 0.0362. The largest absolute Gasteiger partial charge is 0.369 e. The van der Waals surface area contributed by atoms with Crippen molar-refractivity contribution in [2.45, 2.75) is 52.0 Å². The van der Waals surface area contributed by atoms with Crippen LogP contribution in [0.3, 0.4) is 0 Å². The molecule has 0 bridgehead atoms. The van der Waals surface area contributed by atoms with Crippen LogP contribution in [0.2, 0.25) is 0 Å². The highest BCUT2D eigenvalue weighted by Gasteiger charge is 2.34. The maximum absolute atomic E-state index is 11.6. The van der Waals surface area contributed by atoms with Crippen LogP contribution in [0.15, 0.2) is 12.4 Å². The highest BCUT2D eigenvalue weighted by atomic mass is 16.5. The number of likely N-dealkylation sites (N-methyl/N-ethyl adjacent to an activating group) is 1. The van der Waals surface area contributed by atoms with Crippen molar-refractivity contribution >= 4 is 5.91 Å². The Labute approximate surface area is 150 Å². The zero-order valence-corrected chi connectivity index (χ0v) is 16.4. The van der Waals surface area contributed by atoms with Gasteiger partial charge in [0.1, 0.15) is 12.4 Å². The second-order valence-corrected chi connectivity index (χ2v) is 7.82. The first-order chi connectivity index (χ1) is 11.7. The van der Waals surface area contributed by atoms with Gasteiger partial charge in [-0.15, -0.1) is 0 Å². The number of aromatic nitrogens is 2. The average Bonchev–Trinajstić information content (AvgIpc) is 2.93. The van der Waals surface area contributed by atoms with E-state index < -0.39 is 0 Å². The van der Waals surface area contributed by atoms with Crippen LogP contribution in [0.25, 0.3) is 0 Å². The summed E-state index contributed by atoms with van der Waals surface area (Å²) in [6.07, 6.45) is 3.83. The van der Waals surface area contributed by atoms with Crippen LogP contribution in [0, 0.1) is 0 Å². The third-order valence-corrected chi connectivity index (χ3v) is 4.25. The van der Waals surface area contributed by atoms with E-state index in [1.54, 1.807) is 14.1 Å². The van der Waals surface area contributed by atoms with Gasteiger partial charge < -0.3 is 18.9 Å². The maximum atomic E-state index is 11.6. The van der Waals surface area contributed by atoms with E-state index in [4.69, 9.17) is 9.47 Å². The van der Waals surface area contributed by atoms with Crippen molar-refractivity contribution in [3.63, 3.8) is 0 Å². The molecule has 1 fully saturated rings. The van der Waals surface area contributed by atoms with Crippen LogP contribution >= 0.6 is 0 Å². The number of amides is 1. The third-order valence-electron chi connectivity index (χ3n) is 4.25. The van der Waals surface area contributed by atoms with Crippen LogP contribution < -0.4 is 0 Å². The van der Waals surface area contributed by atoms with Gasteiger partial charge in [-0.1, -0.05) is 0 Å². The smallest absolute Gasteiger partial charge is 0.248 e. The fourth-order valence-electron chi connectivity index (χ4n) is 3.17. The lowest BCUT2D eigenvalue weighted by molar-refractivity contribution is -0.161. The van der Waals surface area contributed by atoms with Gasteiger partial charge in [0, 0.05) is 45.6 Å². The summed E-state index contributed by atoms with van der Waals surface area (Å²) >= 11 is 0. The Morgan fingerprint density at radius 2 is 2.20 bits per heavy atom. The summed E-state index contributed by atoms with van der Waals surface area (Å²) in [5.74, 6) is 1.03. The molecule has 0 N–H and O–H groups in total. The topological polar surface area (TPSA) is 59.8 Å². The second kappa shape index (κ2) is 8.29. The molecule has 1 aromatic rings. The second-order valence-electron chi connectivity index (χ2n) is 7.82. The van der Waals surface area contributed by atoms with E-state index in [0.29, 0.717) is 12.6 Å². The van der Waals surface area contributed by atoms with Gasteiger partial charge in [-0.2, -0.15) is 0 Å². The molecule has 0 aliphatic carbocycles. The number of hydrogen-bond donors (Lipinski definition) is 0. The maximum Gasteiger partial charge on any atom is 0.248 e. The molecule has 0 aromatic carbocycles. The van der Waals surface area contributed by atoms with Crippen molar-refractivity contribution in [1.82, 2.24) is 19.4 Å². The fraction of sp³-hybridized carbons (Fsp3) is 0.778. The molecule has 1 amide bonds. The molecule has 0 radical (unpaired) electrons. The minimum Gasteiger partial charge on any atom is -0.369 e. The van der Waals surface area contributed by atoms with E-state index in [9.17, 15) is 4.79 Å². The van der Waals surface area contributed by atoms with Gasteiger partial charge in [0.2, 0.25) is 5.91 Å². The molecule has 1 atom stereocenters. The standard InChI is InChI=1S/C18H32N4O3/c1-14(2)22-8-7-19-16(22)10-21-9-15(25-18(3,4)13-21)11-24-12-17(23)20(5)6/h7-8,14-15H,9-13H2,1-6H3/t15-/m1/s1. The Morgan fingerprint density at radius 3 is 2.84 bits per heavy atom. The predicted molar refractivity (Wildman–Crippen MR) is 96.4 cm³/mol. The normalized spacial score (nSPS) is 20.8. The average molecular weight is 352 g/mol. The molecule has 1 aromatic heterocycles. The molecular weight excluding hydrogens is 320 g/mol. The molecule has 0 spiro atoms. The molecule has 142 valence electrons. The first kappa shape index (κ1) is 19.9. The van der Waals surface area contributed by atoms with Gasteiger partial charge in [-0.05, 0) is 27.7 Å². The highest BCUT2D eigenvalue weighted by Crippen LogP contribution is 2.23. The lowest BCUT2D eigenvalue weighted by atomic mass is 10.1. The van der Waals surface area contributed by atoms with Gasteiger partial charge in [0.05, 0.1) is 24.9 Å². The van der Waals surface area contributed by atoms with Crippen molar-refractivity contribution in [1.29, 1.82) is 0 Å². The van der Waals surface area contributed by atoms with Crippen molar-refractivity contribution in [2.24, 2.45) is 0 Å². The zero-order valence-electron chi connectivity index (χ0n) is 16.4. The molecule has 0 unspecified atom stereocenters. The summed E-state index contributed by atoms with van der Waals surface area (Å²) in [6, 6.07) is 0.391. The fourth-order valence-corrected chi connectivity index (χ4v) is 3.17. The molecule has 2 heterocycles. The molecule has 1 aliphatic rings. The number of carbonyl (C=O) groups excluding carboxylic acids is 1. The molecule has 2 rings (SSSR count). The summed E-state index contributed by atoms with van der Waals surface area (Å²) < 4.78 is 13.9. The zero-order chi connectivity index (χ0) is 18.6. The van der Waals surface area contributed by atoms with Crippen molar-refractivity contribution in [3.05, 3.63) is 18.2 Å². The van der Waals surface area contributed by atoms with Crippen molar-refractivity contribution in [3.8, 4) is 0 Å². The van der Waals surface area contributed by atoms with Crippen LogP contribution in [0.1, 0.15) is 39.6 Å². The Morgan fingerprint density at radius 1 is 1.48 bits per heavy atom. The van der Waals surface area contributed by atoms with E-state index >= 15 is 0 Å². The molecular formula is C18H32N4O3. The Balaban J connectivity index is 1.93. The van der Waals surface area contributed by atoms with Crippen molar-refractivity contribution < 1.29 is 14.3 Å². The molecule has 7 nitrogen and oxygen atoms in total. The van der Waals surface area contributed by atoms with Gasteiger partial charge in [0.15, 0.2) is 0 Å². The van der Waals surface area contributed by atoms with E-state index in [1.165, 1.54) is 4.90 Å². The Bertz CT molecular complexity index is 568. The van der Waals surface area contributed by atoms with Gasteiger partial charge in [-0.3, -0.25) is 9.69 Å². The summed E-state index contributed by atoms with van der Waals surface area (Å²) in [5.41, 5.74) is -0.257. The van der Waals surface area contributed by atoms with E-state index in [2.05, 4.69) is 42.1 Å². The van der Waals surface area contributed by atoms with Crippen LogP contribution in [0.5, 0.6) is 0 Å². The first-order valence-corrected chi connectivity index (χ1v) is 8.88. The highest BCUT2D eigenvalue weighted by molar-refractivity contribution is 5.76. The molecule has 0 saturated carbocycles. The molecule has 1 aliphatic heterocycles.